The summed E-state index contributed by atoms with van der Waals surface area (Å²) >= 11 is 0. The van der Waals surface area contributed by atoms with Gasteiger partial charge < -0.3 is 303 Å². The second kappa shape index (κ2) is 48.6. The number of aliphatic hydroxyl groups excluding tert-OH is 37. The first-order chi connectivity index (χ1) is 64.5. The van der Waals surface area contributed by atoms with Crippen molar-refractivity contribution in [3.63, 3.8) is 0 Å². The van der Waals surface area contributed by atoms with Crippen LogP contribution in [-0.4, -0.2) is 643 Å². The summed E-state index contributed by atoms with van der Waals surface area (Å²) in [5, 5.41) is 415. The molecule has 62 heteroatoms. The molecule has 0 aromatic carbocycles. The maximum Gasteiger partial charge on any atom is 0.217 e. The van der Waals surface area contributed by atoms with Crippen molar-refractivity contribution in [2.45, 2.75) is 375 Å². The predicted octanol–water partition coefficient (Wildman–Crippen LogP) is -27.0. The van der Waals surface area contributed by atoms with Crippen molar-refractivity contribution < 1.29 is 303 Å². The Morgan fingerprint density at radius 3 is 0.669 bits per heavy atom. The van der Waals surface area contributed by atoms with E-state index in [9.17, 15) is 194 Å². The molecular weight excluding hydrogens is 1880 g/mol. The van der Waals surface area contributed by atoms with E-state index in [1.165, 1.54) is 0 Å². The van der Waals surface area contributed by atoms with Gasteiger partial charge in [-0.1, -0.05) is 0 Å². The maximum atomic E-state index is 12.7. The van der Waals surface area contributed by atoms with Crippen LogP contribution in [0, 0.1) is 0 Å². The molecule has 0 radical (unpaired) electrons. The smallest absolute Gasteiger partial charge is 0.217 e. The van der Waals surface area contributed by atoms with Crippen LogP contribution in [0.2, 0.25) is 0 Å². The summed E-state index contributed by atoms with van der Waals surface area (Å²) in [5.41, 5.74) is 0. The van der Waals surface area contributed by atoms with E-state index in [1.54, 1.807) is 0 Å². The Morgan fingerprint density at radius 2 is 0.390 bits per heavy atom. The van der Waals surface area contributed by atoms with E-state index in [0.29, 0.717) is 0 Å². The van der Waals surface area contributed by atoms with Crippen LogP contribution < -0.4 is 5.32 Å². The number of hydrogen-bond donors (Lipinski definition) is 38. The third-order valence-electron chi connectivity index (χ3n) is 25.5. The fourth-order valence-corrected chi connectivity index (χ4v) is 17.5. The lowest BCUT2D eigenvalue weighted by molar-refractivity contribution is -0.420. The van der Waals surface area contributed by atoms with Crippen LogP contribution in [0.1, 0.15) is 6.92 Å². The highest BCUT2D eigenvalue weighted by Gasteiger charge is 2.63. The number of nitrogens with one attached hydrogen (secondary N) is 1. The summed E-state index contributed by atoms with van der Waals surface area (Å²) in [4.78, 5) is 12.5. The zero-order valence-corrected chi connectivity index (χ0v) is 71.5. The third kappa shape index (κ3) is 23.5. The van der Waals surface area contributed by atoms with E-state index in [2.05, 4.69) is 5.32 Å². The van der Waals surface area contributed by atoms with Crippen molar-refractivity contribution in [3.8, 4) is 0 Å². The monoisotopic (exact) mass is 2000 g/mol. The van der Waals surface area contributed by atoms with Gasteiger partial charge in [-0.2, -0.15) is 0 Å². The van der Waals surface area contributed by atoms with E-state index in [4.69, 9.17) is 109 Å². The van der Waals surface area contributed by atoms with E-state index in [-0.39, 0.29) is 0 Å². The number of aliphatic hydroxyl groups is 37. The van der Waals surface area contributed by atoms with Gasteiger partial charge in [-0.15, -0.1) is 0 Å². The van der Waals surface area contributed by atoms with Gasteiger partial charge in [0.1, 0.15) is 293 Å². The molecule has 792 valence electrons. The van der Waals surface area contributed by atoms with Gasteiger partial charge in [0.2, 0.25) is 5.91 Å². The van der Waals surface area contributed by atoms with Gasteiger partial charge >= 0.3 is 0 Å². The predicted molar refractivity (Wildman–Crippen MR) is 407 cm³/mol. The first-order valence-electron chi connectivity index (χ1n) is 43.2. The van der Waals surface area contributed by atoms with Gasteiger partial charge in [0.25, 0.3) is 0 Å². The molecule has 62 nitrogen and oxygen atoms in total. The van der Waals surface area contributed by atoms with Crippen LogP contribution in [0.25, 0.3) is 0 Å². The van der Waals surface area contributed by atoms with Gasteiger partial charge in [0.15, 0.2) is 75.5 Å². The van der Waals surface area contributed by atoms with Crippen LogP contribution in [0.15, 0.2) is 0 Å². The molecule has 0 unspecified atom stereocenters. The second-order valence-electron chi connectivity index (χ2n) is 34.4. The molecule has 0 spiro atoms. The lowest BCUT2D eigenvalue weighted by atomic mass is 9.94. The minimum absolute atomic E-state index is 0.917. The second-order valence-corrected chi connectivity index (χ2v) is 34.4. The van der Waals surface area contributed by atoms with Crippen molar-refractivity contribution in [1.82, 2.24) is 5.32 Å². The van der Waals surface area contributed by atoms with Crippen molar-refractivity contribution in [3.05, 3.63) is 0 Å². The van der Waals surface area contributed by atoms with Crippen LogP contribution in [0.4, 0.5) is 0 Å². The Balaban J connectivity index is 0.858. The van der Waals surface area contributed by atoms with Gasteiger partial charge in [-0.25, -0.2) is 0 Å². The summed E-state index contributed by atoms with van der Waals surface area (Å²) in [6.45, 7) is -13.2. The molecule has 0 saturated carbocycles. The fraction of sp³-hybridized carbons (Fsp3) is 0.986. The molecule has 0 bridgehead atoms. The number of rotatable bonds is 35. The Hall–Kier alpha value is -2.93. The Labute approximate surface area is 766 Å². The third-order valence-corrected chi connectivity index (χ3v) is 25.5. The molecule has 12 aliphatic rings. The number of carbonyl (C=O) groups is 1. The molecular formula is C74H125NO61. The van der Waals surface area contributed by atoms with Crippen LogP contribution in [-0.2, 0) is 114 Å². The highest BCUT2D eigenvalue weighted by Crippen LogP contribution is 2.43. The molecule has 136 heavy (non-hydrogen) atoms. The van der Waals surface area contributed by atoms with Crippen molar-refractivity contribution in [1.29, 1.82) is 0 Å². The molecule has 12 rings (SSSR count). The standard InChI is InChI=1S/C74H125NO61/c1-14(86)75-27-39(98)54(24(11-85)116-63(27)113)128-68-53(112)56(38(97)26(127-68)12-114-64-52(111)55(129-65-49(108)40(99)28(87)15(2-76)117-65)37(96)25(126-64)13-115-69-57(43(102)31(90)18(5-79)120-69)131-66-50(109)41(100)29(88)16(3-77)118-66)130-70-59(45(104)33(92)19(6-80)121-70)133-72-61(47(106)35(94)21(8-82)123-72)135-74-62(48(107)36(95)23(10-84)125-74)136-73-60(46(105)34(93)22(9-83)124-73)134-71-58(44(103)32(91)20(7-81)122-71)132-67-51(110)42(101)30(89)17(4-78)119-67/h15-74,76-85,87-113H,2-13H2,1H3,(H,75,86)/t15-,16-,17-,18-,19-,20-,21-,22-,23-,24-,25-,26-,27-,28-,29-,30-,31-,32-,33-,34-,35-,36-,37-,38-,39-,40+,41+,42+,43+,44+,45+,46+,47+,48+,49+,50+,51-,52+,53+,54-,55+,56+,57+,58-,59+,60-,61+,62+,63-,64+,65-,66-,67+,68+,69+,70-,71+,72-,73+,74-/m1/s1. The van der Waals surface area contributed by atoms with Gasteiger partial charge in [-0.05, 0) is 0 Å². The van der Waals surface area contributed by atoms with Crippen LogP contribution >= 0.6 is 0 Å². The topological polar surface area (TPSA) is 990 Å². The summed E-state index contributed by atoms with van der Waals surface area (Å²) < 4.78 is 135. The summed E-state index contributed by atoms with van der Waals surface area (Å²) in [5.74, 6) is -0.917. The minimum atomic E-state index is -2.66. The highest BCUT2D eigenvalue weighted by atomic mass is 16.8. The number of ether oxygens (including phenoxy) is 23. The Kier molecular flexibility index (Phi) is 40.0. The average Bonchev–Trinajstić information content (AvgIpc) is 0.756. The number of hydrogen-bond acceptors (Lipinski definition) is 61. The molecule has 0 aromatic rings. The lowest BCUT2D eigenvalue weighted by Gasteiger charge is -2.51. The summed E-state index contributed by atoms with van der Waals surface area (Å²) in [6, 6.07) is -1.86. The van der Waals surface area contributed by atoms with E-state index >= 15 is 0 Å². The number of amides is 1. The highest BCUT2D eigenvalue weighted by molar-refractivity contribution is 5.73. The molecule has 1 amide bonds. The Morgan fingerprint density at radius 1 is 0.191 bits per heavy atom. The molecule has 12 aliphatic heterocycles. The molecule has 38 N–H and O–H groups in total. The van der Waals surface area contributed by atoms with Crippen molar-refractivity contribution >= 4 is 5.91 Å². The first kappa shape index (κ1) is 112. The number of carbonyl (C=O) groups excluding carboxylic acids is 1. The zero-order chi connectivity index (χ0) is 99.7. The van der Waals surface area contributed by atoms with Crippen LogP contribution in [0.5, 0.6) is 0 Å². The Bertz CT molecular complexity index is 3590. The molecule has 0 aromatic heterocycles. The van der Waals surface area contributed by atoms with Gasteiger partial charge in [-0.3, -0.25) is 4.79 Å². The molecule has 12 saturated heterocycles. The van der Waals surface area contributed by atoms with Gasteiger partial charge in [0.05, 0.1) is 79.3 Å². The largest absolute Gasteiger partial charge is 0.394 e. The summed E-state index contributed by atoms with van der Waals surface area (Å²) in [6.07, 6.45) is -133. The minimum Gasteiger partial charge on any atom is -0.394 e. The molecule has 60 atom stereocenters. The van der Waals surface area contributed by atoms with Crippen LogP contribution in [0.3, 0.4) is 0 Å². The molecule has 12 fully saturated rings. The average molecular weight is 2000 g/mol. The van der Waals surface area contributed by atoms with Crippen molar-refractivity contribution in [2.75, 3.05) is 79.3 Å². The maximum absolute atomic E-state index is 12.7. The lowest BCUT2D eigenvalue weighted by Crippen LogP contribution is -2.69. The molecule has 0 aliphatic carbocycles. The summed E-state index contributed by atoms with van der Waals surface area (Å²) in [7, 11) is 0. The molecule has 12 heterocycles. The van der Waals surface area contributed by atoms with E-state index in [0.717, 1.165) is 6.92 Å². The fourth-order valence-electron chi connectivity index (χ4n) is 17.5. The first-order valence-corrected chi connectivity index (χ1v) is 43.2. The quantitative estimate of drug-likeness (QED) is 0.0280. The normalized spacial score (nSPS) is 52.8. The van der Waals surface area contributed by atoms with E-state index < -0.39 is 454 Å². The van der Waals surface area contributed by atoms with Crippen molar-refractivity contribution in [2.24, 2.45) is 0 Å². The zero-order valence-electron chi connectivity index (χ0n) is 71.5. The SMILES string of the molecule is CC(=O)N[C@@H]1[C@@H](O)[C@H](O[C@@H]2O[C@H](CO[C@H]3O[C@H](CO[C@H]4O[C@H](CO)[C@@H](O)[C@H](O)[C@@H]4O[C@H]4O[C@H](CO)[C@@H](O)[C@H](O)[C@@H]4O)[C@@H](O)[C@H](O[C@H]4O[C@H](CO)[C@@H](O)[C@H](O)[C@@H]4O)[C@@H]3O)[C@@H](O)[C@H](O[C@H]3O[C@H](CO)[C@@H](O)[C@H](O)[C@@H]3O[C@H]3O[C@H](CO)[C@@H](O)[C@H](O)[C@@H]3O[C@H]3O[C@H](CO)[C@@H](O)[C@H](O)[C@@H]3O[C@@H]3O[C@H](CO)[C@@H](O)[C@H](O)[C@H]3O[C@@H]3O[C@H](CO)[C@@H](O)[C@H](O)[C@H]3O[C@@H]3O[C@H](CO)[C@@H](O)[C@H](O)[C@H]3O)[C@@H]2O)[C@@H](CO)O[C@H]1O. The van der Waals surface area contributed by atoms with E-state index in [1.807, 2.05) is 0 Å². The van der Waals surface area contributed by atoms with Gasteiger partial charge in [0, 0.05) is 6.92 Å².